The number of nitrogen functional groups attached to an aromatic ring is 4. The van der Waals surface area contributed by atoms with E-state index in [9.17, 15) is 0 Å². The molecule has 0 aliphatic carbocycles. The van der Waals surface area contributed by atoms with Crippen molar-refractivity contribution in [1.82, 2.24) is 0 Å². The van der Waals surface area contributed by atoms with Crippen LogP contribution < -0.4 is 22.9 Å². The molecule has 4 nitrogen and oxygen atoms in total. The van der Waals surface area contributed by atoms with Gasteiger partial charge in [0.05, 0.1) is 22.7 Å². The summed E-state index contributed by atoms with van der Waals surface area (Å²) in [6, 6.07) is 3.25. The number of halogens is 4. The van der Waals surface area contributed by atoms with Crippen LogP contribution in [-0.4, -0.2) is 0 Å². The number of rotatable bonds is 0. The molecule has 0 radical (unpaired) electrons. The highest BCUT2D eigenvalue weighted by atomic mass is 79.9. The van der Waals surface area contributed by atoms with Crippen LogP contribution in [0, 0.1) is 0 Å². The molecule has 8 heteroatoms. The Kier molecular flexibility index (Phi) is 16.8. The fourth-order valence-corrected chi connectivity index (χ4v) is 0.670. The van der Waals surface area contributed by atoms with Crippen molar-refractivity contribution in [2.24, 2.45) is 0 Å². The summed E-state index contributed by atoms with van der Waals surface area (Å²) in [6.07, 6.45) is 0. The van der Waals surface area contributed by atoms with Crippen LogP contribution in [0.3, 0.4) is 0 Å². The quantitative estimate of drug-likeness (QED) is 0.445. The molecule has 0 spiro atoms. The summed E-state index contributed by atoms with van der Waals surface area (Å²) in [6.45, 7) is 0. The van der Waals surface area contributed by atoms with Gasteiger partial charge >= 0.3 is 0 Å². The topological polar surface area (TPSA) is 104 Å². The minimum absolute atomic E-state index is 0. The SMILES string of the molecule is Br.Br.Br.Br.Nc1ccc(N)c(N)c1N. The van der Waals surface area contributed by atoms with Crippen molar-refractivity contribution in [2.45, 2.75) is 0 Å². The summed E-state index contributed by atoms with van der Waals surface area (Å²) in [5.41, 5.74) is 23.4. The minimum Gasteiger partial charge on any atom is -0.397 e. The zero-order valence-electron chi connectivity index (χ0n) is 7.10. The molecule has 0 aliphatic heterocycles. The number of hydrogen-bond donors (Lipinski definition) is 4. The number of hydrogen-bond acceptors (Lipinski definition) is 4. The van der Waals surface area contributed by atoms with E-state index in [0.717, 1.165) is 0 Å². The van der Waals surface area contributed by atoms with Crippen LogP contribution in [0.25, 0.3) is 0 Å². The first-order chi connectivity index (χ1) is 4.63. The van der Waals surface area contributed by atoms with Crippen molar-refractivity contribution in [3.05, 3.63) is 12.1 Å². The van der Waals surface area contributed by atoms with Crippen LogP contribution in [0.2, 0.25) is 0 Å². The lowest BCUT2D eigenvalue weighted by Gasteiger charge is -2.05. The van der Waals surface area contributed by atoms with Gasteiger partial charge in [0.2, 0.25) is 0 Å². The van der Waals surface area contributed by atoms with E-state index in [2.05, 4.69) is 0 Å². The molecule has 0 aliphatic rings. The first-order valence-corrected chi connectivity index (χ1v) is 2.82. The fourth-order valence-electron chi connectivity index (χ4n) is 0.670. The standard InChI is InChI=1S/C6H10N4.4BrH/c7-3-1-2-4(8)6(10)5(3)9;;;;/h1-2H,7-10H2;4*1H. The van der Waals surface area contributed by atoms with Crippen LogP contribution in [0.1, 0.15) is 0 Å². The van der Waals surface area contributed by atoms with Gasteiger partial charge in [-0.15, -0.1) is 67.9 Å². The van der Waals surface area contributed by atoms with E-state index in [0.29, 0.717) is 22.7 Å². The van der Waals surface area contributed by atoms with Gasteiger partial charge in [-0.2, -0.15) is 0 Å². The lowest BCUT2D eigenvalue weighted by molar-refractivity contribution is 1.63. The van der Waals surface area contributed by atoms with Gasteiger partial charge in [0.15, 0.2) is 0 Å². The number of benzene rings is 1. The molecule has 0 unspecified atom stereocenters. The van der Waals surface area contributed by atoms with Crippen LogP contribution in [0.5, 0.6) is 0 Å². The van der Waals surface area contributed by atoms with Gasteiger partial charge in [-0.3, -0.25) is 0 Å². The minimum atomic E-state index is 0. The van der Waals surface area contributed by atoms with Crippen LogP contribution >= 0.6 is 67.9 Å². The molecular formula is C6H14Br4N4. The number of anilines is 4. The summed E-state index contributed by atoms with van der Waals surface area (Å²) < 4.78 is 0. The second-order valence-corrected chi connectivity index (χ2v) is 2.07. The predicted molar refractivity (Wildman–Crippen MR) is 85.4 cm³/mol. The molecule has 0 saturated heterocycles. The average molecular weight is 462 g/mol. The molecule has 0 bridgehead atoms. The predicted octanol–water partition coefficient (Wildman–Crippen LogP) is 2.33. The monoisotopic (exact) mass is 458 g/mol. The fraction of sp³-hybridized carbons (Fsp3) is 0. The third-order valence-electron chi connectivity index (χ3n) is 1.35. The highest BCUT2D eigenvalue weighted by molar-refractivity contribution is 8.93. The second kappa shape index (κ2) is 9.88. The summed E-state index contributed by atoms with van der Waals surface area (Å²) in [5.74, 6) is 0. The summed E-state index contributed by atoms with van der Waals surface area (Å²) >= 11 is 0. The van der Waals surface area contributed by atoms with Gasteiger partial charge < -0.3 is 22.9 Å². The molecule has 86 valence electrons. The van der Waals surface area contributed by atoms with Gasteiger partial charge in [-0.05, 0) is 12.1 Å². The first-order valence-electron chi connectivity index (χ1n) is 2.82. The van der Waals surface area contributed by atoms with Gasteiger partial charge in [0.1, 0.15) is 0 Å². The van der Waals surface area contributed by atoms with Gasteiger partial charge in [-0.1, -0.05) is 0 Å². The highest BCUT2D eigenvalue weighted by Crippen LogP contribution is 2.27. The van der Waals surface area contributed by atoms with E-state index < -0.39 is 0 Å². The van der Waals surface area contributed by atoms with Gasteiger partial charge in [-0.25, -0.2) is 0 Å². The van der Waals surface area contributed by atoms with Crippen LogP contribution in [-0.2, 0) is 0 Å². The van der Waals surface area contributed by atoms with Crippen LogP contribution in [0.4, 0.5) is 22.7 Å². The van der Waals surface area contributed by atoms with Crippen molar-refractivity contribution >= 4 is 90.7 Å². The van der Waals surface area contributed by atoms with Crippen molar-refractivity contribution in [3.63, 3.8) is 0 Å². The molecule has 1 aromatic rings. The molecule has 1 rings (SSSR count). The molecule has 0 amide bonds. The lowest BCUT2D eigenvalue weighted by atomic mass is 10.2. The van der Waals surface area contributed by atoms with E-state index >= 15 is 0 Å². The molecule has 0 heterocycles. The Morgan fingerprint density at radius 2 is 0.786 bits per heavy atom. The zero-order chi connectivity index (χ0) is 7.72. The van der Waals surface area contributed by atoms with Crippen molar-refractivity contribution in [2.75, 3.05) is 22.9 Å². The Labute approximate surface area is 125 Å². The highest BCUT2D eigenvalue weighted by Gasteiger charge is 2.00. The average Bonchev–Trinajstić information content (AvgIpc) is 1.93. The maximum absolute atomic E-state index is 5.45. The van der Waals surface area contributed by atoms with E-state index in [1.807, 2.05) is 0 Å². The van der Waals surface area contributed by atoms with Crippen molar-refractivity contribution in [3.8, 4) is 0 Å². The Morgan fingerprint density at radius 1 is 0.571 bits per heavy atom. The van der Waals surface area contributed by atoms with E-state index in [1.54, 1.807) is 12.1 Å². The zero-order valence-corrected chi connectivity index (χ0v) is 13.9. The molecule has 0 fully saturated rings. The molecule has 1 aromatic carbocycles. The third-order valence-corrected chi connectivity index (χ3v) is 1.35. The molecule has 8 N–H and O–H groups in total. The summed E-state index contributed by atoms with van der Waals surface area (Å²) in [7, 11) is 0. The smallest absolute Gasteiger partial charge is 0.0802 e. The summed E-state index contributed by atoms with van der Waals surface area (Å²) in [5, 5.41) is 0. The Hall–Kier alpha value is 0.340. The normalized spacial score (nSPS) is 6.86. The Morgan fingerprint density at radius 3 is 1.00 bits per heavy atom. The second-order valence-electron chi connectivity index (χ2n) is 2.07. The van der Waals surface area contributed by atoms with Crippen LogP contribution in [0.15, 0.2) is 12.1 Å². The van der Waals surface area contributed by atoms with Gasteiger partial charge in [0.25, 0.3) is 0 Å². The van der Waals surface area contributed by atoms with Gasteiger partial charge in [0, 0.05) is 0 Å². The van der Waals surface area contributed by atoms with E-state index in [-0.39, 0.29) is 67.9 Å². The Balaban J connectivity index is -0.000000125. The molecular weight excluding hydrogens is 448 g/mol. The summed E-state index contributed by atoms with van der Waals surface area (Å²) in [4.78, 5) is 0. The molecule has 14 heavy (non-hydrogen) atoms. The van der Waals surface area contributed by atoms with E-state index in [1.165, 1.54) is 0 Å². The largest absolute Gasteiger partial charge is 0.397 e. The van der Waals surface area contributed by atoms with Crippen molar-refractivity contribution in [1.29, 1.82) is 0 Å². The first kappa shape index (κ1) is 23.9. The maximum atomic E-state index is 5.45. The molecule has 0 atom stereocenters. The molecule has 0 saturated carbocycles. The maximum Gasteiger partial charge on any atom is 0.0802 e. The third kappa shape index (κ3) is 5.28. The van der Waals surface area contributed by atoms with E-state index in [4.69, 9.17) is 22.9 Å². The van der Waals surface area contributed by atoms with Crippen molar-refractivity contribution < 1.29 is 0 Å². The molecule has 0 aromatic heterocycles. The Bertz CT molecular complexity index is 241. The number of nitrogens with two attached hydrogens (primary N) is 4. The lowest BCUT2D eigenvalue weighted by Crippen LogP contribution is -2.02.